The summed E-state index contributed by atoms with van der Waals surface area (Å²) >= 11 is 3.41. The Kier molecular flexibility index (Phi) is 3.78. The largest absolute Gasteiger partial charge is 0.325 e. The number of nitrogens with one attached hydrogen (secondary N) is 1. The minimum absolute atomic E-state index is 0.0865. The number of amides is 1. The van der Waals surface area contributed by atoms with Gasteiger partial charge in [0.05, 0.1) is 5.69 Å². The minimum atomic E-state index is 0.0865. The van der Waals surface area contributed by atoms with Gasteiger partial charge in [0.2, 0.25) is 5.91 Å². The second-order valence-electron chi connectivity index (χ2n) is 4.00. The molecule has 0 aliphatic heterocycles. The van der Waals surface area contributed by atoms with Crippen LogP contribution in [0.2, 0.25) is 0 Å². The number of benzene rings is 1. The fourth-order valence-corrected chi connectivity index (χ4v) is 2.25. The first-order valence-electron chi connectivity index (χ1n) is 5.47. The van der Waals surface area contributed by atoms with Gasteiger partial charge in [-0.2, -0.15) is 0 Å². The van der Waals surface area contributed by atoms with Crippen LogP contribution in [0, 0.1) is 5.92 Å². The molecule has 0 radical (unpaired) electrons. The fraction of sp³-hybridized carbons (Fsp3) is 0.308. The predicted molar refractivity (Wildman–Crippen MR) is 69.3 cm³/mol. The van der Waals surface area contributed by atoms with Crippen molar-refractivity contribution in [2.45, 2.75) is 19.3 Å². The molecule has 84 valence electrons. The fourth-order valence-electron chi connectivity index (χ4n) is 1.87. The lowest BCUT2D eigenvalue weighted by Gasteiger charge is -2.09. The summed E-state index contributed by atoms with van der Waals surface area (Å²) in [6.45, 7) is 0. The Bertz CT molecular complexity index is 414. The average Bonchev–Trinajstić information content (AvgIpc) is 2.74. The first kappa shape index (κ1) is 11.4. The minimum Gasteiger partial charge on any atom is -0.325 e. The number of carbonyl (C=O) groups excluding carboxylic acids is 1. The second-order valence-corrected chi connectivity index (χ2v) is 4.85. The standard InChI is InChI=1S/C13H14BrNO/c14-11-7-3-4-8-12(11)15-13(16)9-10-5-1-2-6-10/h1,3-5,7-8,10H,2,6,9H2,(H,15,16). The number of carbonyl (C=O) groups is 1. The SMILES string of the molecule is O=C(CC1C=CCC1)Nc1ccccc1Br. The third-order valence-corrected chi connectivity index (χ3v) is 3.40. The van der Waals surface area contributed by atoms with Crippen LogP contribution in [-0.2, 0) is 4.79 Å². The summed E-state index contributed by atoms with van der Waals surface area (Å²) in [5, 5.41) is 2.92. The van der Waals surface area contributed by atoms with E-state index in [0.717, 1.165) is 23.0 Å². The Balaban J connectivity index is 1.92. The van der Waals surface area contributed by atoms with Gasteiger partial charge in [0.15, 0.2) is 0 Å². The maximum absolute atomic E-state index is 11.8. The molecule has 1 atom stereocenters. The molecule has 0 fully saturated rings. The molecule has 1 aromatic rings. The maximum Gasteiger partial charge on any atom is 0.224 e. The molecule has 1 aromatic carbocycles. The zero-order valence-electron chi connectivity index (χ0n) is 8.95. The number of rotatable bonds is 3. The van der Waals surface area contributed by atoms with E-state index in [9.17, 15) is 4.79 Å². The van der Waals surface area contributed by atoms with Crippen molar-refractivity contribution >= 4 is 27.5 Å². The third kappa shape index (κ3) is 2.95. The zero-order valence-corrected chi connectivity index (χ0v) is 10.5. The molecule has 2 rings (SSSR count). The van der Waals surface area contributed by atoms with E-state index in [2.05, 4.69) is 33.4 Å². The zero-order chi connectivity index (χ0) is 11.4. The Morgan fingerprint density at radius 3 is 2.94 bits per heavy atom. The van der Waals surface area contributed by atoms with E-state index < -0.39 is 0 Å². The molecule has 16 heavy (non-hydrogen) atoms. The number of para-hydroxylation sites is 1. The van der Waals surface area contributed by atoms with Gasteiger partial charge in [0.1, 0.15) is 0 Å². The van der Waals surface area contributed by atoms with Gasteiger partial charge in [-0.25, -0.2) is 0 Å². The molecular weight excluding hydrogens is 266 g/mol. The van der Waals surface area contributed by atoms with Crippen LogP contribution in [0.4, 0.5) is 5.69 Å². The van der Waals surface area contributed by atoms with E-state index in [1.807, 2.05) is 24.3 Å². The van der Waals surface area contributed by atoms with Gasteiger partial charge in [-0.3, -0.25) is 4.79 Å². The molecule has 1 N–H and O–H groups in total. The Labute approximate surface area is 104 Å². The summed E-state index contributed by atoms with van der Waals surface area (Å²) in [7, 11) is 0. The van der Waals surface area contributed by atoms with E-state index in [1.54, 1.807) is 0 Å². The highest BCUT2D eigenvalue weighted by atomic mass is 79.9. The molecule has 3 heteroatoms. The van der Waals surface area contributed by atoms with Crippen molar-refractivity contribution in [2.24, 2.45) is 5.92 Å². The van der Waals surface area contributed by atoms with Gasteiger partial charge in [0, 0.05) is 10.9 Å². The number of anilines is 1. The second kappa shape index (κ2) is 5.30. The molecule has 0 heterocycles. The van der Waals surface area contributed by atoms with Crippen molar-refractivity contribution < 1.29 is 4.79 Å². The van der Waals surface area contributed by atoms with E-state index in [-0.39, 0.29) is 5.91 Å². The Morgan fingerprint density at radius 2 is 2.25 bits per heavy atom. The lowest BCUT2D eigenvalue weighted by atomic mass is 10.1. The van der Waals surface area contributed by atoms with Gasteiger partial charge in [0.25, 0.3) is 0 Å². The molecule has 1 aliphatic carbocycles. The summed E-state index contributed by atoms with van der Waals surface area (Å²) in [4.78, 5) is 11.8. The molecule has 0 saturated carbocycles. The smallest absolute Gasteiger partial charge is 0.224 e. The summed E-state index contributed by atoms with van der Waals surface area (Å²) in [6, 6.07) is 7.66. The van der Waals surface area contributed by atoms with Crippen LogP contribution in [0.15, 0.2) is 40.9 Å². The van der Waals surface area contributed by atoms with Crippen LogP contribution in [0.25, 0.3) is 0 Å². The van der Waals surface area contributed by atoms with Crippen molar-refractivity contribution in [1.29, 1.82) is 0 Å². The number of hydrogen-bond donors (Lipinski definition) is 1. The van der Waals surface area contributed by atoms with Gasteiger partial charge >= 0.3 is 0 Å². The first-order chi connectivity index (χ1) is 7.75. The lowest BCUT2D eigenvalue weighted by molar-refractivity contribution is -0.116. The van der Waals surface area contributed by atoms with E-state index in [0.29, 0.717) is 12.3 Å². The molecule has 0 saturated heterocycles. The quantitative estimate of drug-likeness (QED) is 0.839. The molecule has 0 aromatic heterocycles. The molecular formula is C13H14BrNO. The van der Waals surface area contributed by atoms with E-state index in [1.165, 1.54) is 0 Å². The van der Waals surface area contributed by atoms with Crippen LogP contribution < -0.4 is 5.32 Å². The topological polar surface area (TPSA) is 29.1 Å². The third-order valence-electron chi connectivity index (χ3n) is 2.71. The molecule has 1 aliphatic rings. The summed E-state index contributed by atoms with van der Waals surface area (Å²) in [5.74, 6) is 0.505. The Morgan fingerprint density at radius 1 is 1.44 bits per heavy atom. The first-order valence-corrected chi connectivity index (χ1v) is 6.26. The van der Waals surface area contributed by atoms with E-state index in [4.69, 9.17) is 0 Å². The Hall–Kier alpha value is -1.09. The normalized spacial score (nSPS) is 18.7. The average molecular weight is 280 g/mol. The van der Waals surface area contributed by atoms with Gasteiger partial charge in [-0.1, -0.05) is 24.3 Å². The van der Waals surface area contributed by atoms with Crippen molar-refractivity contribution in [3.05, 3.63) is 40.9 Å². The highest BCUT2D eigenvalue weighted by Crippen LogP contribution is 2.24. The van der Waals surface area contributed by atoms with Gasteiger partial charge in [-0.05, 0) is 46.8 Å². The monoisotopic (exact) mass is 279 g/mol. The van der Waals surface area contributed by atoms with Crippen molar-refractivity contribution in [3.63, 3.8) is 0 Å². The lowest BCUT2D eigenvalue weighted by Crippen LogP contribution is -2.14. The van der Waals surface area contributed by atoms with Crippen LogP contribution in [0.1, 0.15) is 19.3 Å². The molecule has 0 spiro atoms. The maximum atomic E-state index is 11.8. The van der Waals surface area contributed by atoms with Crippen LogP contribution in [0.3, 0.4) is 0 Å². The number of halogens is 1. The molecule has 0 bridgehead atoms. The molecule has 1 amide bonds. The summed E-state index contributed by atoms with van der Waals surface area (Å²) < 4.78 is 0.922. The van der Waals surface area contributed by atoms with E-state index >= 15 is 0 Å². The van der Waals surface area contributed by atoms with Crippen molar-refractivity contribution in [3.8, 4) is 0 Å². The predicted octanol–water partition coefficient (Wildman–Crippen LogP) is 3.74. The van der Waals surface area contributed by atoms with Crippen LogP contribution in [0.5, 0.6) is 0 Å². The van der Waals surface area contributed by atoms with Crippen LogP contribution in [-0.4, -0.2) is 5.91 Å². The van der Waals surface area contributed by atoms with Crippen LogP contribution >= 0.6 is 15.9 Å². The van der Waals surface area contributed by atoms with Gasteiger partial charge < -0.3 is 5.32 Å². The summed E-state index contributed by atoms with van der Waals surface area (Å²) in [5.41, 5.74) is 0.842. The van der Waals surface area contributed by atoms with Crippen molar-refractivity contribution in [1.82, 2.24) is 0 Å². The number of hydrogen-bond acceptors (Lipinski definition) is 1. The highest BCUT2D eigenvalue weighted by molar-refractivity contribution is 9.10. The van der Waals surface area contributed by atoms with Crippen molar-refractivity contribution in [2.75, 3.05) is 5.32 Å². The summed E-state index contributed by atoms with van der Waals surface area (Å²) in [6.07, 6.45) is 7.07. The number of allylic oxidation sites excluding steroid dienone is 2. The highest BCUT2D eigenvalue weighted by Gasteiger charge is 2.14. The van der Waals surface area contributed by atoms with Gasteiger partial charge in [-0.15, -0.1) is 0 Å². The molecule has 2 nitrogen and oxygen atoms in total. The molecule has 1 unspecified atom stereocenters.